The summed E-state index contributed by atoms with van der Waals surface area (Å²) in [7, 11) is -3.27. The van der Waals surface area contributed by atoms with Crippen LogP contribution in [0.3, 0.4) is 0 Å². The second-order valence-electron chi connectivity index (χ2n) is 7.36. The van der Waals surface area contributed by atoms with Gasteiger partial charge in [-0.25, -0.2) is 4.39 Å². The number of alkyl halides is 6. The van der Waals surface area contributed by atoms with Crippen molar-refractivity contribution < 1.29 is 58.6 Å². The number of halogens is 7. The molecule has 0 radical (unpaired) electrons. The maximum absolute atomic E-state index is 15.2. The number of rotatable bonds is 7. The van der Waals surface area contributed by atoms with Crippen molar-refractivity contribution in [3.05, 3.63) is 70.8 Å². The first-order valence-electron chi connectivity index (χ1n) is 11.5. The fourth-order valence-corrected chi connectivity index (χ4v) is 3.02. The molecule has 0 aliphatic rings. The molecule has 1 heterocycles. The zero-order valence-electron chi connectivity index (χ0n) is 21.8. The highest BCUT2D eigenvalue weighted by Crippen LogP contribution is 2.41. The number of anilines is 1. The Bertz CT molecular complexity index is 1500. The third-order valence-corrected chi connectivity index (χ3v) is 4.72. The van der Waals surface area contributed by atoms with Crippen molar-refractivity contribution in [3.63, 3.8) is 0 Å². The van der Waals surface area contributed by atoms with Gasteiger partial charge in [-0.05, 0) is 42.8 Å². The maximum Gasteiger partial charge on any atom is 0.573 e. The van der Waals surface area contributed by atoms with E-state index in [1.54, 1.807) is 0 Å². The molecule has 8 nitrogen and oxygen atoms in total. The number of aryl methyl sites for hydroxylation is 1. The lowest BCUT2D eigenvalue weighted by atomic mass is 10.1. The number of aromatic nitrogens is 1. The van der Waals surface area contributed by atoms with E-state index in [0.29, 0.717) is 24.3 Å². The highest BCUT2D eigenvalue weighted by molar-refractivity contribution is 6.07. The van der Waals surface area contributed by atoms with Crippen molar-refractivity contribution in [3.8, 4) is 23.0 Å². The fraction of sp³-hybridized carbons (Fsp3) is 0.174. The Hall–Kier alpha value is -4.56. The third-order valence-electron chi connectivity index (χ3n) is 4.72. The van der Waals surface area contributed by atoms with Crippen LogP contribution >= 0.6 is 0 Å². The molecule has 0 bridgehead atoms. The smallest absolute Gasteiger partial charge is 0.493 e. The van der Waals surface area contributed by atoms with Gasteiger partial charge < -0.3 is 25.3 Å². The number of nitrogens with two attached hydrogens (primary N) is 1. The summed E-state index contributed by atoms with van der Waals surface area (Å²) < 4.78 is 129. The van der Waals surface area contributed by atoms with Crippen molar-refractivity contribution in [2.75, 3.05) is 12.4 Å². The quantitative estimate of drug-likeness (QED) is 0.371. The van der Waals surface area contributed by atoms with Gasteiger partial charge in [0.1, 0.15) is 22.8 Å². The summed E-state index contributed by atoms with van der Waals surface area (Å²) in [6.45, 7) is 1.39. The van der Waals surface area contributed by atoms with Gasteiger partial charge in [-0.2, -0.15) is 13.2 Å². The molecule has 0 fully saturated rings. The number of amides is 2. The molecule has 1 aromatic heterocycles. The molecule has 0 aliphatic carbocycles. The predicted molar refractivity (Wildman–Crippen MR) is 117 cm³/mol. The van der Waals surface area contributed by atoms with Crippen LogP contribution < -0.4 is 25.3 Å². The summed E-state index contributed by atoms with van der Waals surface area (Å²) in [5, 5.41) is 2.11. The number of primary amides is 1. The average Bonchev–Trinajstić information content (AvgIpc) is 2.79. The normalized spacial score (nSPS) is 13.1. The summed E-state index contributed by atoms with van der Waals surface area (Å²) in [4.78, 5) is 28.2. The van der Waals surface area contributed by atoms with Crippen LogP contribution in [0.5, 0.6) is 23.0 Å². The third kappa shape index (κ3) is 6.41. The van der Waals surface area contributed by atoms with Crippen LogP contribution in [0.4, 0.5) is 36.4 Å². The molecule has 3 N–H and O–H groups in total. The second kappa shape index (κ2) is 10.4. The predicted octanol–water partition coefficient (Wildman–Crippen LogP) is 5.60. The van der Waals surface area contributed by atoms with E-state index in [9.17, 15) is 35.9 Å². The Balaban J connectivity index is 2.14. The van der Waals surface area contributed by atoms with Gasteiger partial charge in [0.05, 0.1) is 16.7 Å². The minimum atomic E-state index is -5.28. The van der Waals surface area contributed by atoms with Gasteiger partial charge in [0.15, 0.2) is 17.3 Å². The van der Waals surface area contributed by atoms with E-state index >= 15 is 4.39 Å². The van der Waals surface area contributed by atoms with Crippen molar-refractivity contribution >= 4 is 17.5 Å². The van der Waals surface area contributed by atoms with Crippen molar-refractivity contribution in [2.24, 2.45) is 5.73 Å². The Morgan fingerprint density at radius 3 is 2.32 bits per heavy atom. The second-order valence-corrected chi connectivity index (χ2v) is 7.36. The first-order valence-corrected chi connectivity index (χ1v) is 9.99. The van der Waals surface area contributed by atoms with Gasteiger partial charge in [0.25, 0.3) is 11.8 Å². The molecule has 15 heteroatoms. The Labute approximate surface area is 213 Å². The van der Waals surface area contributed by atoms with E-state index in [1.807, 2.05) is 0 Å². The Morgan fingerprint density at radius 1 is 1.03 bits per heavy atom. The summed E-state index contributed by atoms with van der Waals surface area (Å²) >= 11 is 0. The minimum Gasteiger partial charge on any atom is -0.493 e. The highest BCUT2D eigenvalue weighted by atomic mass is 19.4. The minimum absolute atomic E-state index is 0.187. The van der Waals surface area contributed by atoms with Gasteiger partial charge in [-0.1, -0.05) is 0 Å². The van der Waals surface area contributed by atoms with E-state index in [4.69, 9.17) is 14.6 Å². The van der Waals surface area contributed by atoms with Crippen molar-refractivity contribution in [2.45, 2.75) is 19.5 Å². The zero-order valence-corrected chi connectivity index (χ0v) is 18.8. The largest absolute Gasteiger partial charge is 0.573 e. The molecule has 202 valence electrons. The molecule has 3 rings (SSSR count). The number of carbonyl (C=O) groups is 2. The van der Waals surface area contributed by atoms with E-state index in [2.05, 4.69) is 19.8 Å². The first kappa shape index (κ1) is 23.8. The van der Waals surface area contributed by atoms with Crippen LogP contribution in [0, 0.1) is 12.7 Å². The van der Waals surface area contributed by atoms with Crippen LogP contribution in [-0.4, -0.2) is 30.2 Å². The number of ether oxygens (including phenoxy) is 3. The lowest BCUT2D eigenvalue weighted by molar-refractivity contribution is -0.274. The molecule has 0 atom stereocenters. The summed E-state index contributed by atoms with van der Waals surface area (Å²) in [6, 6.07) is 3.49. The molecule has 3 aromatic rings. The first-order chi connectivity index (χ1) is 18.7. The lowest BCUT2D eigenvalue weighted by Gasteiger charge is -2.18. The van der Waals surface area contributed by atoms with Crippen molar-refractivity contribution in [1.29, 1.82) is 0 Å². The maximum atomic E-state index is 15.2. The molecule has 0 saturated heterocycles. The summed E-state index contributed by atoms with van der Waals surface area (Å²) in [6.07, 6.45) is -9.38. The summed E-state index contributed by atoms with van der Waals surface area (Å²) in [5.41, 5.74) is 1.56. The van der Waals surface area contributed by atoms with Crippen molar-refractivity contribution in [1.82, 2.24) is 4.98 Å². The topological polar surface area (TPSA) is 113 Å². The molecular formula is C23H16F7N3O5. The molecule has 2 amide bonds. The van der Waals surface area contributed by atoms with E-state index in [-0.39, 0.29) is 23.0 Å². The summed E-state index contributed by atoms with van der Waals surface area (Å²) in [5.74, 6) is -8.19. The molecule has 2 aromatic carbocycles. The monoisotopic (exact) mass is 550 g/mol. The number of hydrogen-bond acceptors (Lipinski definition) is 6. The molecule has 0 unspecified atom stereocenters. The Morgan fingerprint density at radius 2 is 1.71 bits per heavy atom. The number of nitrogens with zero attached hydrogens (tertiary/aromatic N) is 1. The molecule has 0 saturated carbocycles. The molecule has 38 heavy (non-hydrogen) atoms. The zero-order chi connectivity index (χ0) is 30.9. The SMILES string of the molecule is [2H]C([2H])([2H])Oc1cc(OC(F)(F)F)ccc1Oc1ccc(C(F)(F)F)c(F)c1C(=O)Nc1cc(C(N)=O)ncc1C. The van der Waals surface area contributed by atoms with Gasteiger partial charge in [-0.15, -0.1) is 13.2 Å². The Kier molecular flexibility index (Phi) is 6.54. The average molecular weight is 550 g/mol. The van der Waals surface area contributed by atoms with Crippen LogP contribution in [-0.2, 0) is 6.18 Å². The number of nitrogens with one attached hydrogen (secondary N) is 1. The number of benzene rings is 2. The van der Waals surface area contributed by atoms with Crippen LogP contribution in [0.1, 0.15) is 36.1 Å². The lowest BCUT2D eigenvalue weighted by Crippen LogP contribution is -2.20. The molecular weight excluding hydrogens is 531 g/mol. The van der Waals surface area contributed by atoms with Crippen LogP contribution in [0.25, 0.3) is 0 Å². The molecule has 0 aliphatic heterocycles. The number of hydrogen-bond donors (Lipinski definition) is 2. The van der Waals surface area contributed by atoms with E-state index < -0.39 is 71.3 Å². The van der Waals surface area contributed by atoms with Gasteiger partial charge in [-0.3, -0.25) is 14.6 Å². The molecule has 0 spiro atoms. The van der Waals surface area contributed by atoms with Gasteiger partial charge >= 0.3 is 12.5 Å². The van der Waals surface area contributed by atoms with E-state index in [0.717, 1.165) is 12.3 Å². The number of carbonyl (C=O) groups excluding carboxylic acids is 2. The van der Waals surface area contributed by atoms with Gasteiger partial charge in [0, 0.05) is 18.0 Å². The van der Waals surface area contributed by atoms with E-state index in [1.165, 1.54) is 6.92 Å². The fourth-order valence-electron chi connectivity index (χ4n) is 3.02. The standard InChI is InChI=1S/C23H16F7N3O5/c1-10-9-32-14(20(31)34)8-13(10)33-21(35)18-16(6-4-12(19(18)24)22(25,26)27)37-15-5-3-11(7-17(15)36-2)38-23(28,29)30/h3-9H,1-2H3,(H2,31,34)(H,32,33,35)/i2D3. The van der Waals surface area contributed by atoms with Gasteiger partial charge in [0.2, 0.25) is 0 Å². The van der Waals surface area contributed by atoms with Crippen LogP contribution in [0.2, 0.25) is 0 Å². The van der Waals surface area contributed by atoms with Crippen LogP contribution in [0.15, 0.2) is 42.6 Å². The number of pyridine rings is 1. The highest BCUT2D eigenvalue weighted by Gasteiger charge is 2.38. The number of methoxy groups -OCH3 is 1.